The van der Waals surface area contributed by atoms with Crippen molar-refractivity contribution in [1.82, 2.24) is 20.0 Å². The lowest BCUT2D eigenvalue weighted by atomic mass is 10.1. The molecule has 0 bridgehead atoms. The summed E-state index contributed by atoms with van der Waals surface area (Å²) in [6, 6.07) is 10.2. The predicted octanol–water partition coefficient (Wildman–Crippen LogP) is 2.37. The van der Waals surface area contributed by atoms with Gasteiger partial charge in [0.15, 0.2) is 0 Å². The number of carbonyl (C=O) groups is 4. The Morgan fingerprint density at radius 2 is 2.03 bits per heavy atom. The molecular formula is C27H32N6O4S2. The van der Waals surface area contributed by atoms with Crippen LogP contribution in [-0.2, 0) is 19.2 Å². The van der Waals surface area contributed by atoms with Gasteiger partial charge in [-0.25, -0.2) is 4.99 Å². The van der Waals surface area contributed by atoms with Gasteiger partial charge in [-0.3, -0.25) is 29.0 Å². The van der Waals surface area contributed by atoms with Gasteiger partial charge in [-0.1, -0.05) is 12.1 Å². The van der Waals surface area contributed by atoms with E-state index in [-0.39, 0.29) is 42.4 Å². The number of piperazine rings is 1. The minimum Gasteiger partial charge on any atom is -0.353 e. The van der Waals surface area contributed by atoms with Crippen molar-refractivity contribution in [2.24, 2.45) is 4.99 Å². The van der Waals surface area contributed by atoms with Crippen molar-refractivity contribution in [3.05, 3.63) is 40.8 Å². The number of fused-ring (bicyclic) bond motifs is 2. The summed E-state index contributed by atoms with van der Waals surface area (Å²) in [5.74, 6) is -0.113. The van der Waals surface area contributed by atoms with Crippen molar-refractivity contribution in [2.75, 3.05) is 50.8 Å². The number of ketones is 1. The summed E-state index contributed by atoms with van der Waals surface area (Å²) in [7, 11) is 2.03. The van der Waals surface area contributed by atoms with Gasteiger partial charge < -0.3 is 15.5 Å². The van der Waals surface area contributed by atoms with E-state index in [0.29, 0.717) is 13.1 Å². The Bertz CT molecular complexity index is 1340. The van der Waals surface area contributed by atoms with Gasteiger partial charge in [0, 0.05) is 43.5 Å². The molecule has 1 aromatic carbocycles. The number of amidine groups is 1. The van der Waals surface area contributed by atoms with Gasteiger partial charge in [-0.15, -0.1) is 23.1 Å². The van der Waals surface area contributed by atoms with Gasteiger partial charge in [0.25, 0.3) is 0 Å². The van der Waals surface area contributed by atoms with Crippen LogP contribution >= 0.6 is 23.1 Å². The average molecular weight is 569 g/mol. The maximum absolute atomic E-state index is 12.8. The lowest BCUT2D eigenvalue weighted by Gasteiger charge is -2.41. The first kappa shape index (κ1) is 27.4. The number of hydrogen-bond acceptors (Lipinski definition) is 10. The molecule has 39 heavy (non-hydrogen) atoms. The number of thiophene rings is 1. The molecule has 0 radical (unpaired) electrons. The molecule has 3 amide bonds. The summed E-state index contributed by atoms with van der Waals surface area (Å²) in [4.78, 5) is 60.8. The molecule has 2 unspecified atom stereocenters. The van der Waals surface area contributed by atoms with E-state index < -0.39 is 11.2 Å². The smallest absolute Gasteiger partial charge is 0.243 e. The van der Waals surface area contributed by atoms with E-state index in [9.17, 15) is 19.2 Å². The largest absolute Gasteiger partial charge is 0.353 e. The standard InChI is InChI=1S/C27H32N6O4S2/c1-16(34)15-38-22-11-24(36)33(27(22)37)14-23(35)28-12-18-13-32(9-8-31(18)3)25-19-10-17(2)39-26(19)30-21-7-5-4-6-20(21)29-25/h4-7,10,18,22,30H,8-9,11-15H2,1-3H3,(H,28,35). The number of aliphatic imine (C=N–C) groups is 1. The lowest BCUT2D eigenvalue weighted by Crippen LogP contribution is -2.57. The summed E-state index contributed by atoms with van der Waals surface area (Å²) in [5.41, 5.74) is 2.93. The van der Waals surface area contributed by atoms with Crippen LogP contribution in [0.2, 0.25) is 0 Å². The Morgan fingerprint density at radius 3 is 2.82 bits per heavy atom. The second-order valence-corrected chi connectivity index (χ2v) is 12.5. The fourth-order valence-electron chi connectivity index (χ4n) is 4.94. The van der Waals surface area contributed by atoms with Gasteiger partial charge in [0.2, 0.25) is 17.7 Å². The normalized spacial score (nSPS) is 21.2. The SMILES string of the molecule is CC(=O)CSC1CC(=O)N(CC(=O)NCC2CN(C3=Nc4ccccc4Nc4sc(C)cc43)CCN2C)C1=O. The van der Waals surface area contributed by atoms with Crippen molar-refractivity contribution in [1.29, 1.82) is 0 Å². The molecule has 2 aromatic rings. The molecule has 3 aliphatic rings. The highest BCUT2D eigenvalue weighted by Crippen LogP contribution is 2.39. The molecule has 0 saturated carbocycles. The number of aryl methyl sites for hydroxylation is 1. The number of imide groups is 1. The zero-order chi connectivity index (χ0) is 27.7. The third kappa shape index (κ3) is 6.02. The van der Waals surface area contributed by atoms with Crippen molar-refractivity contribution in [3.8, 4) is 0 Å². The molecule has 0 aliphatic carbocycles. The third-order valence-electron chi connectivity index (χ3n) is 7.08. The maximum Gasteiger partial charge on any atom is 0.243 e. The molecule has 0 spiro atoms. The number of nitrogens with zero attached hydrogens (tertiary/aromatic N) is 4. The summed E-state index contributed by atoms with van der Waals surface area (Å²) in [5, 5.41) is 6.94. The topological polar surface area (TPSA) is 114 Å². The zero-order valence-electron chi connectivity index (χ0n) is 22.2. The predicted molar refractivity (Wildman–Crippen MR) is 154 cm³/mol. The number of likely N-dealkylation sites (tertiary alicyclic amines) is 1. The van der Waals surface area contributed by atoms with Gasteiger partial charge in [0.05, 0.1) is 27.9 Å². The van der Waals surface area contributed by atoms with Crippen LogP contribution in [-0.4, -0.2) is 101 Å². The number of carbonyl (C=O) groups excluding carboxylic acids is 4. The average Bonchev–Trinajstić information content (AvgIpc) is 3.34. The van der Waals surface area contributed by atoms with Gasteiger partial charge in [0.1, 0.15) is 23.2 Å². The van der Waals surface area contributed by atoms with E-state index in [1.54, 1.807) is 11.3 Å². The Hall–Kier alpha value is -3.22. The van der Waals surface area contributed by atoms with Crippen molar-refractivity contribution >= 4 is 68.8 Å². The first-order valence-electron chi connectivity index (χ1n) is 12.9. The molecule has 2 N–H and O–H groups in total. The van der Waals surface area contributed by atoms with Crippen LogP contribution in [0, 0.1) is 6.92 Å². The molecule has 12 heteroatoms. The maximum atomic E-state index is 12.8. The number of benzene rings is 1. The Balaban J connectivity index is 1.24. The Kier molecular flexibility index (Phi) is 8.06. The van der Waals surface area contributed by atoms with Crippen molar-refractivity contribution in [3.63, 3.8) is 0 Å². The highest BCUT2D eigenvalue weighted by molar-refractivity contribution is 8.01. The van der Waals surface area contributed by atoms with Crippen LogP contribution < -0.4 is 10.6 Å². The van der Waals surface area contributed by atoms with E-state index >= 15 is 0 Å². The summed E-state index contributed by atoms with van der Waals surface area (Å²) >= 11 is 2.86. The quantitative estimate of drug-likeness (QED) is 0.490. The first-order chi connectivity index (χ1) is 18.7. The highest BCUT2D eigenvalue weighted by atomic mass is 32.2. The lowest BCUT2D eigenvalue weighted by molar-refractivity contribution is -0.142. The highest BCUT2D eigenvalue weighted by Gasteiger charge is 2.40. The monoisotopic (exact) mass is 568 g/mol. The van der Waals surface area contributed by atoms with Crippen LogP contribution in [0.25, 0.3) is 0 Å². The van der Waals surface area contributed by atoms with Crippen LogP contribution in [0.4, 0.5) is 16.4 Å². The molecule has 2 saturated heterocycles. The molecule has 4 heterocycles. The van der Waals surface area contributed by atoms with Gasteiger partial charge in [-0.05, 0) is 39.1 Å². The number of thioether (sulfide) groups is 1. The number of anilines is 2. The van der Waals surface area contributed by atoms with Crippen LogP contribution in [0.15, 0.2) is 35.3 Å². The summed E-state index contributed by atoms with van der Waals surface area (Å²) in [6.07, 6.45) is 0.0223. The first-order valence-corrected chi connectivity index (χ1v) is 14.8. The molecule has 10 nitrogen and oxygen atoms in total. The second-order valence-electron chi connectivity index (χ2n) is 10.1. The zero-order valence-corrected chi connectivity index (χ0v) is 23.9. The van der Waals surface area contributed by atoms with Crippen LogP contribution in [0.5, 0.6) is 0 Å². The van der Waals surface area contributed by atoms with Gasteiger partial charge in [-0.2, -0.15) is 0 Å². The van der Waals surface area contributed by atoms with E-state index in [4.69, 9.17) is 4.99 Å². The van der Waals surface area contributed by atoms with Crippen molar-refractivity contribution in [2.45, 2.75) is 31.6 Å². The number of likely N-dealkylation sites (N-methyl/N-ethyl adjacent to an activating group) is 1. The number of amides is 3. The molecule has 5 rings (SSSR count). The molecule has 1 aromatic heterocycles. The Morgan fingerprint density at radius 1 is 1.23 bits per heavy atom. The van der Waals surface area contributed by atoms with Crippen LogP contribution in [0.1, 0.15) is 23.8 Å². The fourth-order valence-corrected chi connectivity index (χ4v) is 6.83. The number of hydrogen-bond donors (Lipinski definition) is 2. The number of rotatable bonds is 7. The number of para-hydroxylation sites is 2. The summed E-state index contributed by atoms with van der Waals surface area (Å²) < 4.78 is 0. The number of Topliss-reactive ketones (excluding diaryl/α,β-unsaturated/α-hetero) is 1. The van der Waals surface area contributed by atoms with E-state index in [0.717, 1.165) is 57.5 Å². The summed E-state index contributed by atoms with van der Waals surface area (Å²) in [6.45, 7) is 5.87. The fraction of sp³-hybridized carbons (Fsp3) is 0.444. The third-order valence-corrected chi connectivity index (χ3v) is 9.39. The van der Waals surface area contributed by atoms with E-state index in [2.05, 4.69) is 33.4 Å². The molecule has 2 fully saturated rings. The van der Waals surface area contributed by atoms with E-state index in [1.807, 2.05) is 31.3 Å². The molecule has 3 aliphatic heterocycles. The van der Waals surface area contributed by atoms with Crippen molar-refractivity contribution < 1.29 is 19.2 Å². The Labute approximate surface area is 235 Å². The molecule has 206 valence electrons. The van der Waals surface area contributed by atoms with Crippen LogP contribution in [0.3, 0.4) is 0 Å². The molecule has 2 atom stereocenters. The second kappa shape index (κ2) is 11.5. The molecular weight excluding hydrogens is 536 g/mol. The van der Waals surface area contributed by atoms with Gasteiger partial charge >= 0.3 is 0 Å². The number of nitrogens with one attached hydrogen (secondary N) is 2. The minimum atomic E-state index is -0.599. The van der Waals surface area contributed by atoms with E-state index in [1.165, 1.54) is 11.8 Å². The minimum absolute atomic E-state index is 0.0175.